The fourth-order valence-corrected chi connectivity index (χ4v) is 2.15. The summed E-state index contributed by atoms with van der Waals surface area (Å²) in [6.07, 6.45) is 1.58. The summed E-state index contributed by atoms with van der Waals surface area (Å²) in [6.45, 7) is 0.757. The molecule has 0 unspecified atom stereocenters. The Morgan fingerprint density at radius 1 is 1.00 bits per heavy atom. The first-order valence-corrected chi connectivity index (χ1v) is 7.78. The molecule has 0 radical (unpaired) electrons. The van der Waals surface area contributed by atoms with E-state index in [1.165, 1.54) is 0 Å². The van der Waals surface area contributed by atoms with Crippen molar-refractivity contribution in [3.8, 4) is 17.2 Å². The van der Waals surface area contributed by atoms with Gasteiger partial charge in [0.15, 0.2) is 18.1 Å². The Morgan fingerprint density at radius 3 is 2.48 bits per heavy atom. The molecule has 0 spiro atoms. The van der Waals surface area contributed by atoms with Crippen LogP contribution in [0.25, 0.3) is 0 Å². The van der Waals surface area contributed by atoms with Gasteiger partial charge in [0.05, 0.1) is 20.4 Å². The van der Waals surface area contributed by atoms with Crippen molar-refractivity contribution in [2.75, 3.05) is 27.4 Å². The van der Waals surface area contributed by atoms with Gasteiger partial charge in [0, 0.05) is 10.0 Å². The summed E-state index contributed by atoms with van der Waals surface area (Å²) in [6, 6.07) is 13.2. The number of benzene rings is 2. The topological polar surface area (TPSA) is 49.3 Å². The maximum absolute atomic E-state index is 5.53. The largest absolute Gasteiger partial charge is 0.493 e. The van der Waals surface area contributed by atoms with Crippen LogP contribution in [-0.2, 0) is 4.84 Å². The van der Waals surface area contributed by atoms with E-state index in [-0.39, 0.29) is 0 Å². The minimum absolute atomic E-state index is 0.346. The average Bonchev–Trinajstić information content (AvgIpc) is 2.59. The minimum atomic E-state index is 0.346. The second-order valence-corrected chi connectivity index (χ2v) is 5.37. The van der Waals surface area contributed by atoms with Crippen LogP contribution in [0.2, 0.25) is 0 Å². The molecule has 2 rings (SSSR count). The van der Waals surface area contributed by atoms with Gasteiger partial charge in [0.1, 0.15) is 12.4 Å². The van der Waals surface area contributed by atoms with E-state index in [2.05, 4.69) is 21.1 Å². The highest BCUT2D eigenvalue weighted by atomic mass is 79.9. The Hall–Kier alpha value is -2.21. The molecule has 5 nitrogen and oxygen atoms in total. The standard InChI is InChI=1S/C17H18BrNO4/c1-20-16-5-3-4-13(17(16)21-2)12-19-23-11-10-22-15-8-6-14(18)7-9-15/h3-9,12H,10-11H2,1-2H3/b19-12-. The average molecular weight is 380 g/mol. The Labute approximate surface area is 143 Å². The number of hydrogen-bond acceptors (Lipinski definition) is 5. The maximum atomic E-state index is 5.53. The highest BCUT2D eigenvalue weighted by Gasteiger charge is 2.07. The van der Waals surface area contributed by atoms with Crippen molar-refractivity contribution < 1.29 is 19.0 Å². The zero-order chi connectivity index (χ0) is 16.5. The van der Waals surface area contributed by atoms with Gasteiger partial charge < -0.3 is 19.0 Å². The van der Waals surface area contributed by atoms with Gasteiger partial charge in [0.2, 0.25) is 0 Å². The molecule has 0 aliphatic rings. The number of para-hydroxylation sites is 1. The summed E-state index contributed by atoms with van der Waals surface area (Å²) in [5.41, 5.74) is 0.778. The fraction of sp³-hybridized carbons (Fsp3) is 0.235. The molecule has 0 atom stereocenters. The van der Waals surface area contributed by atoms with Crippen molar-refractivity contribution in [1.29, 1.82) is 0 Å². The van der Waals surface area contributed by atoms with Crippen LogP contribution < -0.4 is 14.2 Å². The van der Waals surface area contributed by atoms with E-state index in [1.54, 1.807) is 20.4 Å². The van der Waals surface area contributed by atoms with Crippen LogP contribution in [0.1, 0.15) is 5.56 Å². The summed E-state index contributed by atoms with van der Waals surface area (Å²) < 4.78 is 17.1. The summed E-state index contributed by atoms with van der Waals surface area (Å²) in [7, 11) is 3.18. The lowest BCUT2D eigenvalue weighted by Gasteiger charge is -2.09. The number of oxime groups is 1. The van der Waals surface area contributed by atoms with E-state index < -0.39 is 0 Å². The van der Waals surface area contributed by atoms with Crippen molar-refractivity contribution in [3.63, 3.8) is 0 Å². The molecule has 0 heterocycles. The van der Waals surface area contributed by atoms with Crippen LogP contribution in [0.5, 0.6) is 17.2 Å². The Bertz CT molecular complexity index is 644. The van der Waals surface area contributed by atoms with E-state index in [0.29, 0.717) is 24.7 Å². The summed E-state index contributed by atoms with van der Waals surface area (Å²) >= 11 is 3.37. The molecule has 23 heavy (non-hydrogen) atoms. The first-order valence-electron chi connectivity index (χ1n) is 6.99. The third kappa shape index (κ3) is 5.17. The molecule has 0 aliphatic carbocycles. The predicted octanol–water partition coefficient (Wildman–Crippen LogP) is 3.90. The van der Waals surface area contributed by atoms with Crippen molar-refractivity contribution in [3.05, 3.63) is 52.5 Å². The van der Waals surface area contributed by atoms with Gasteiger partial charge in [-0.25, -0.2) is 0 Å². The number of nitrogens with zero attached hydrogens (tertiary/aromatic N) is 1. The molecule has 122 valence electrons. The van der Waals surface area contributed by atoms with Crippen LogP contribution in [0, 0.1) is 0 Å². The predicted molar refractivity (Wildman–Crippen MR) is 92.7 cm³/mol. The van der Waals surface area contributed by atoms with Gasteiger partial charge in [-0.1, -0.05) is 27.2 Å². The highest BCUT2D eigenvalue weighted by Crippen LogP contribution is 2.29. The van der Waals surface area contributed by atoms with Crippen molar-refractivity contribution in [2.45, 2.75) is 0 Å². The number of hydrogen-bond donors (Lipinski definition) is 0. The third-order valence-corrected chi connectivity index (χ3v) is 3.49. The van der Waals surface area contributed by atoms with Crippen molar-refractivity contribution in [1.82, 2.24) is 0 Å². The van der Waals surface area contributed by atoms with Crippen molar-refractivity contribution in [2.24, 2.45) is 5.16 Å². The molecule has 0 bridgehead atoms. The number of ether oxygens (including phenoxy) is 3. The van der Waals surface area contributed by atoms with Gasteiger partial charge in [-0.05, 0) is 36.4 Å². The lowest BCUT2D eigenvalue weighted by atomic mass is 10.2. The number of rotatable bonds is 8. The molecule has 0 fully saturated rings. The molecular formula is C17H18BrNO4. The highest BCUT2D eigenvalue weighted by molar-refractivity contribution is 9.10. The van der Waals surface area contributed by atoms with Gasteiger partial charge in [-0.2, -0.15) is 0 Å². The van der Waals surface area contributed by atoms with Crippen LogP contribution >= 0.6 is 15.9 Å². The Morgan fingerprint density at radius 2 is 1.78 bits per heavy atom. The Balaban J connectivity index is 1.80. The first-order chi connectivity index (χ1) is 11.2. The molecule has 0 aliphatic heterocycles. The quantitative estimate of drug-likeness (QED) is 0.396. The van der Waals surface area contributed by atoms with E-state index in [1.807, 2.05) is 42.5 Å². The van der Waals surface area contributed by atoms with Crippen LogP contribution in [0.4, 0.5) is 0 Å². The van der Waals surface area contributed by atoms with Gasteiger partial charge >= 0.3 is 0 Å². The second kappa shape index (κ2) is 9.05. The SMILES string of the molecule is COc1cccc(/C=N\OCCOc2ccc(Br)cc2)c1OC. The van der Waals surface area contributed by atoms with Gasteiger partial charge in [0.25, 0.3) is 0 Å². The molecule has 0 N–H and O–H groups in total. The molecule has 0 aromatic heterocycles. The monoisotopic (exact) mass is 379 g/mol. The Kier molecular flexibility index (Phi) is 6.75. The van der Waals surface area contributed by atoms with Gasteiger partial charge in [-0.15, -0.1) is 0 Å². The van der Waals surface area contributed by atoms with Crippen LogP contribution in [0.15, 0.2) is 52.1 Å². The van der Waals surface area contributed by atoms with E-state index in [4.69, 9.17) is 19.0 Å². The summed E-state index contributed by atoms with van der Waals surface area (Å²) in [5.74, 6) is 2.05. The normalized spacial score (nSPS) is 10.6. The summed E-state index contributed by atoms with van der Waals surface area (Å²) in [4.78, 5) is 5.19. The van der Waals surface area contributed by atoms with E-state index >= 15 is 0 Å². The lowest BCUT2D eigenvalue weighted by Crippen LogP contribution is -2.04. The molecular weight excluding hydrogens is 362 g/mol. The molecule has 0 saturated carbocycles. The molecule has 6 heteroatoms. The van der Waals surface area contributed by atoms with Crippen LogP contribution in [-0.4, -0.2) is 33.6 Å². The van der Waals surface area contributed by atoms with E-state index in [0.717, 1.165) is 15.8 Å². The lowest BCUT2D eigenvalue weighted by molar-refractivity contribution is 0.108. The summed E-state index contributed by atoms with van der Waals surface area (Å²) in [5, 5.41) is 3.92. The maximum Gasteiger partial charge on any atom is 0.169 e. The fourth-order valence-electron chi connectivity index (χ4n) is 1.89. The van der Waals surface area contributed by atoms with E-state index in [9.17, 15) is 0 Å². The number of methoxy groups -OCH3 is 2. The smallest absolute Gasteiger partial charge is 0.169 e. The molecule has 2 aromatic carbocycles. The third-order valence-electron chi connectivity index (χ3n) is 2.96. The second-order valence-electron chi connectivity index (χ2n) is 4.45. The van der Waals surface area contributed by atoms with Gasteiger partial charge in [-0.3, -0.25) is 0 Å². The first kappa shape index (κ1) is 17.1. The molecule has 0 amide bonds. The molecule has 2 aromatic rings. The van der Waals surface area contributed by atoms with Crippen LogP contribution in [0.3, 0.4) is 0 Å². The van der Waals surface area contributed by atoms with Crippen molar-refractivity contribution >= 4 is 22.1 Å². The minimum Gasteiger partial charge on any atom is -0.493 e. The zero-order valence-electron chi connectivity index (χ0n) is 13.0. The zero-order valence-corrected chi connectivity index (χ0v) is 14.6. The number of halogens is 1. The molecule has 0 saturated heterocycles.